The minimum Gasteiger partial charge on any atom is -0.443 e. The van der Waals surface area contributed by atoms with Gasteiger partial charge < -0.3 is 10.5 Å². The van der Waals surface area contributed by atoms with Gasteiger partial charge in [-0.15, -0.1) is 0 Å². The van der Waals surface area contributed by atoms with E-state index in [1.165, 1.54) is 11.0 Å². The first kappa shape index (κ1) is 13.6. The number of hydrogen-bond acceptors (Lipinski definition) is 4. The zero-order valence-corrected chi connectivity index (χ0v) is 11.5. The van der Waals surface area contributed by atoms with E-state index in [9.17, 15) is 9.18 Å². The van der Waals surface area contributed by atoms with E-state index in [1.54, 1.807) is 36.3 Å². The molecule has 1 aliphatic rings. The highest BCUT2D eigenvalue weighted by molar-refractivity contribution is 5.90. The lowest BCUT2D eigenvalue weighted by Crippen LogP contribution is -2.27. The molecular weight excluding hydrogens is 275 g/mol. The van der Waals surface area contributed by atoms with Gasteiger partial charge in [-0.25, -0.2) is 9.18 Å². The van der Waals surface area contributed by atoms with Gasteiger partial charge in [0, 0.05) is 30.9 Å². The number of amides is 1. The Morgan fingerprint density at radius 1 is 1.52 bits per heavy atom. The second-order valence-corrected chi connectivity index (χ2v) is 4.92. The van der Waals surface area contributed by atoms with Crippen LogP contribution >= 0.6 is 0 Å². The summed E-state index contributed by atoms with van der Waals surface area (Å²) >= 11 is 0. The van der Waals surface area contributed by atoms with Crippen LogP contribution in [0.3, 0.4) is 0 Å². The number of hydrogen-bond donors (Lipinski definition) is 1. The van der Waals surface area contributed by atoms with Crippen LogP contribution in [-0.4, -0.2) is 35.1 Å². The molecule has 110 valence electrons. The Morgan fingerprint density at radius 2 is 2.33 bits per heavy atom. The Bertz CT molecular complexity index is 685. The first-order valence-corrected chi connectivity index (χ1v) is 6.55. The topological polar surface area (TPSA) is 73.4 Å². The molecule has 0 saturated carbocycles. The van der Waals surface area contributed by atoms with E-state index in [2.05, 4.69) is 5.10 Å². The summed E-state index contributed by atoms with van der Waals surface area (Å²) in [6.45, 7) is 0.583. The zero-order chi connectivity index (χ0) is 15.0. The van der Waals surface area contributed by atoms with E-state index < -0.39 is 11.9 Å². The molecule has 0 aliphatic carbocycles. The maximum absolute atomic E-state index is 14.3. The summed E-state index contributed by atoms with van der Waals surface area (Å²) in [5.41, 5.74) is 7.07. The number of cyclic esters (lactones) is 1. The molecule has 1 fully saturated rings. The van der Waals surface area contributed by atoms with E-state index in [0.29, 0.717) is 23.4 Å². The molecule has 3 rings (SSSR count). The van der Waals surface area contributed by atoms with Crippen molar-refractivity contribution in [3.8, 4) is 11.1 Å². The normalized spacial score (nSPS) is 18.1. The first-order valence-electron chi connectivity index (χ1n) is 6.55. The van der Waals surface area contributed by atoms with Crippen LogP contribution in [0.15, 0.2) is 30.6 Å². The van der Waals surface area contributed by atoms with E-state index in [0.717, 1.165) is 0 Å². The molecule has 1 atom stereocenters. The van der Waals surface area contributed by atoms with Gasteiger partial charge in [-0.2, -0.15) is 5.10 Å². The Kier molecular flexibility index (Phi) is 3.34. The SMILES string of the molecule is Cn1cc(-c2ccc(N3CC(CN)OC3=O)cc2F)cn1. The molecule has 1 aromatic heterocycles. The van der Waals surface area contributed by atoms with Crippen LogP contribution in [0.4, 0.5) is 14.9 Å². The standard InChI is InChI=1S/C14H15FN4O2/c1-18-7-9(6-17-18)12-3-2-10(4-13(12)15)19-8-11(5-16)21-14(19)20/h2-4,6-7,11H,5,8,16H2,1H3. The molecule has 7 heteroatoms. The van der Waals surface area contributed by atoms with E-state index in [1.807, 2.05) is 0 Å². The van der Waals surface area contributed by atoms with Crippen LogP contribution < -0.4 is 10.6 Å². The van der Waals surface area contributed by atoms with Gasteiger partial charge in [-0.3, -0.25) is 9.58 Å². The third-order valence-electron chi connectivity index (χ3n) is 3.42. The van der Waals surface area contributed by atoms with Crippen LogP contribution in [0.5, 0.6) is 0 Å². The highest BCUT2D eigenvalue weighted by Crippen LogP contribution is 2.28. The molecule has 2 N–H and O–H groups in total. The third-order valence-corrected chi connectivity index (χ3v) is 3.42. The summed E-state index contributed by atoms with van der Waals surface area (Å²) in [5.74, 6) is -0.413. The molecule has 1 amide bonds. The van der Waals surface area contributed by atoms with Gasteiger partial charge in [-0.05, 0) is 18.2 Å². The number of nitrogens with zero attached hydrogens (tertiary/aromatic N) is 3. The summed E-state index contributed by atoms with van der Waals surface area (Å²) in [4.78, 5) is 13.1. The minimum absolute atomic E-state index is 0.249. The molecule has 1 unspecified atom stereocenters. The van der Waals surface area contributed by atoms with Crippen molar-refractivity contribution in [1.82, 2.24) is 9.78 Å². The van der Waals surface area contributed by atoms with E-state index >= 15 is 0 Å². The quantitative estimate of drug-likeness (QED) is 0.930. The van der Waals surface area contributed by atoms with Crippen molar-refractivity contribution in [3.63, 3.8) is 0 Å². The van der Waals surface area contributed by atoms with Crippen molar-refractivity contribution in [2.75, 3.05) is 18.0 Å². The van der Waals surface area contributed by atoms with Gasteiger partial charge >= 0.3 is 6.09 Å². The number of aromatic nitrogens is 2. The number of anilines is 1. The molecule has 0 spiro atoms. The number of ether oxygens (including phenoxy) is 1. The number of nitrogens with two attached hydrogens (primary N) is 1. The molecule has 0 radical (unpaired) electrons. The van der Waals surface area contributed by atoms with Crippen molar-refractivity contribution < 1.29 is 13.9 Å². The second kappa shape index (κ2) is 5.17. The fourth-order valence-electron chi connectivity index (χ4n) is 2.32. The number of aryl methyl sites for hydroxylation is 1. The zero-order valence-electron chi connectivity index (χ0n) is 11.5. The highest BCUT2D eigenvalue weighted by Gasteiger charge is 2.31. The molecule has 1 aromatic carbocycles. The van der Waals surface area contributed by atoms with Crippen LogP contribution in [0, 0.1) is 5.82 Å². The number of carbonyl (C=O) groups excluding carboxylic acids is 1. The van der Waals surface area contributed by atoms with Crippen molar-refractivity contribution in [1.29, 1.82) is 0 Å². The molecule has 0 bridgehead atoms. The summed E-state index contributed by atoms with van der Waals surface area (Å²) in [6, 6.07) is 4.64. The number of rotatable bonds is 3. The lowest BCUT2D eigenvalue weighted by atomic mass is 10.1. The number of halogens is 1. The molecule has 6 nitrogen and oxygen atoms in total. The molecule has 2 heterocycles. The Labute approximate surface area is 120 Å². The third kappa shape index (κ3) is 2.47. The van der Waals surface area contributed by atoms with E-state index in [-0.39, 0.29) is 12.6 Å². The van der Waals surface area contributed by atoms with Crippen LogP contribution in [-0.2, 0) is 11.8 Å². The summed E-state index contributed by atoms with van der Waals surface area (Å²) in [5, 5.41) is 4.02. The van der Waals surface area contributed by atoms with Crippen molar-refractivity contribution in [2.45, 2.75) is 6.10 Å². The molecule has 1 saturated heterocycles. The second-order valence-electron chi connectivity index (χ2n) is 4.92. The molecule has 21 heavy (non-hydrogen) atoms. The molecular formula is C14H15FN4O2. The smallest absolute Gasteiger partial charge is 0.414 e. The Hall–Kier alpha value is -2.41. The van der Waals surface area contributed by atoms with Crippen molar-refractivity contribution in [3.05, 3.63) is 36.4 Å². The molecule has 1 aliphatic heterocycles. The minimum atomic E-state index is -0.501. The van der Waals surface area contributed by atoms with Crippen LogP contribution in [0.1, 0.15) is 0 Å². The lowest BCUT2D eigenvalue weighted by Gasteiger charge is -2.13. The van der Waals surface area contributed by atoms with Gasteiger partial charge in [0.15, 0.2) is 0 Å². The van der Waals surface area contributed by atoms with Gasteiger partial charge in [0.2, 0.25) is 0 Å². The van der Waals surface area contributed by atoms with Crippen LogP contribution in [0.25, 0.3) is 11.1 Å². The first-order chi connectivity index (χ1) is 10.1. The Balaban J connectivity index is 1.90. The maximum atomic E-state index is 14.3. The van der Waals surface area contributed by atoms with Gasteiger partial charge in [0.1, 0.15) is 11.9 Å². The fraction of sp³-hybridized carbons (Fsp3) is 0.286. The largest absolute Gasteiger partial charge is 0.443 e. The molecule has 2 aromatic rings. The van der Waals surface area contributed by atoms with Gasteiger partial charge in [0.05, 0.1) is 18.4 Å². The van der Waals surface area contributed by atoms with E-state index in [4.69, 9.17) is 10.5 Å². The summed E-state index contributed by atoms with van der Waals surface area (Å²) in [7, 11) is 1.77. The number of benzene rings is 1. The van der Waals surface area contributed by atoms with Gasteiger partial charge in [0.25, 0.3) is 0 Å². The lowest BCUT2D eigenvalue weighted by molar-refractivity contribution is 0.145. The van der Waals surface area contributed by atoms with Crippen molar-refractivity contribution >= 4 is 11.8 Å². The predicted octanol–water partition coefficient (Wildman–Crippen LogP) is 1.51. The average Bonchev–Trinajstić information content (AvgIpc) is 3.04. The predicted molar refractivity (Wildman–Crippen MR) is 75.3 cm³/mol. The summed E-state index contributed by atoms with van der Waals surface area (Å²) < 4.78 is 20.9. The fourth-order valence-corrected chi connectivity index (χ4v) is 2.32. The van der Waals surface area contributed by atoms with Crippen LogP contribution in [0.2, 0.25) is 0 Å². The van der Waals surface area contributed by atoms with Gasteiger partial charge in [-0.1, -0.05) is 0 Å². The highest BCUT2D eigenvalue weighted by atomic mass is 19.1. The summed E-state index contributed by atoms with van der Waals surface area (Å²) in [6.07, 6.45) is 2.47. The average molecular weight is 290 g/mol. The maximum Gasteiger partial charge on any atom is 0.414 e. The van der Waals surface area contributed by atoms with Crippen molar-refractivity contribution in [2.24, 2.45) is 12.8 Å². The number of carbonyl (C=O) groups is 1. The Morgan fingerprint density at radius 3 is 2.90 bits per heavy atom. The monoisotopic (exact) mass is 290 g/mol.